The monoisotopic (exact) mass is 202 g/mol. The molecule has 0 aliphatic carbocycles. The molecule has 0 fully saturated rings. The summed E-state index contributed by atoms with van der Waals surface area (Å²) in [5.74, 6) is 0.129. The molecule has 1 aromatic rings. The Kier molecular flexibility index (Phi) is 4.76. The zero-order valence-electron chi connectivity index (χ0n) is 7.10. The number of anilines is 1. The SMILES string of the molecule is CC(Nc1cnccn1)C(N)=O.Cl. The van der Waals surface area contributed by atoms with Crippen LogP contribution in [0.3, 0.4) is 0 Å². The van der Waals surface area contributed by atoms with Gasteiger partial charge in [0.05, 0.1) is 6.20 Å². The van der Waals surface area contributed by atoms with Crippen molar-refractivity contribution in [3.05, 3.63) is 18.6 Å². The molecule has 3 N–H and O–H groups in total. The van der Waals surface area contributed by atoms with Crippen molar-refractivity contribution < 1.29 is 4.79 Å². The molecule has 72 valence electrons. The van der Waals surface area contributed by atoms with Crippen LogP contribution in [0.5, 0.6) is 0 Å². The second kappa shape index (κ2) is 5.31. The summed E-state index contributed by atoms with van der Waals surface area (Å²) in [6.45, 7) is 1.66. The van der Waals surface area contributed by atoms with Crippen LogP contribution in [0.25, 0.3) is 0 Å². The van der Waals surface area contributed by atoms with Crippen LogP contribution in [0, 0.1) is 0 Å². The lowest BCUT2D eigenvalue weighted by atomic mass is 10.3. The second-order valence-electron chi connectivity index (χ2n) is 2.36. The van der Waals surface area contributed by atoms with Gasteiger partial charge in [-0.1, -0.05) is 0 Å². The van der Waals surface area contributed by atoms with Crippen LogP contribution in [-0.2, 0) is 4.79 Å². The van der Waals surface area contributed by atoms with Crippen molar-refractivity contribution in [1.29, 1.82) is 0 Å². The van der Waals surface area contributed by atoms with Gasteiger partial charge in [0.1, 0.15) is 11.9 Å². The first kappa shape index (κ1) is 11.6. The highest BCUT2D eigenvalue weighted by atomic mass is 35.5. The van der Waals surface area contributed by atoms with Crippen molar-refractivity contribution in [1.82, 2.24) is 9.97 Å². The Morgan fingerprint density at radius 3 is 2.77 bits per heavy atom. The predicted octanol–water partition coefficient (Wildman–Crippen LogP) is 0.184. The number of aromatic nitrogens is 2. The average molecular weight is 203 g/mol. The van der Waals surface area contributed by atoms with E-state index in [1.165, 1.54) is 12.4 Å². The molecule has 1 aromatic heterocycles. The molecule has 1 heterocycles. The fourth-order valence-corrected chi connectivity index (χ4v) is 0.667. The molecule has 0 spiro atoms. The van der Waals surface area contributed by atoms with Gasteiger partial charge in [-0.3, -0.25) is 9.78 Å². The van der Waals surface area contributed by atoms with Gasteiger partial charge in [-0.15, -0.1) is 12.4 Å². The standard InChI is InChI=1S/C7H10N4O.ClH/c1-5(7(8)12)11-6-4-9-2-3-10-6;/h2-5H,1H3,(H2,8,12)(H,10,11);1H. The molecule has 5 nitrogen and oxygen atoms in total. The van der Waals surface area contributed by atoms with Gasteiger partial charge in [0, 0.05) is 12.4 Å². The summed E-state index contributed by atoms with van der Waals surface area (Å²) in [5, 5.41) is 2.79. The Bertz CT molecular complexity index is 266. The third kappa shape index (κ3) is 3.71. The Hall–Kier alpha value is -1.36. The van der Waals surface area contributed by atoms with Crippen molar-refractivity contribution in [3.63, 3.8) is 0 Å². The van der Waals surface area contributed by atoms with Crippen LogP contribution < -0.4 is 11.1 Å². The minimum Gasteiger partial charge on any atom is -0.368 e. The van der Waals surface area contributed by atoms with Crippen LogP contribution in [0.4, 0.5) is 5.82 Å². The molecule has 1 amide bonds. The predicted molar refractivity (Wildman–Crippen MR) is 51.6 cm³/mol. The number of carbonyl (C=O) groups excluding carboxylic acids is 1. The van der Waals surface area contributed by atoms with E-state index in [9.17, 15) is 4.79 Å². The lowest BCUT2D eigenvalue weighted by Gasteiger charge is -2.08. The topological polar surface area (TPSA) is 80.9 Å². The average Bonchev–Trinajstić information content (AvgIpc) is 2.06. The molecule has 0 saturated carbocycles. The van der Waals surface area contributed by atoms with E-state index in [-0.39, 0.29) is 12.4 Å². The normalized spacial score (nSPS) is 11.2. The summed E-state index contributed by atoms with van der Waals surface area (Å²) in [6.07, 6.45) is 4.62. The maximum absolute atomic E-state index is 10.6. The van der Waals surface area contributed by atoms with Crippen LogP contribution in [-0.4, -0.2) is 21.9 Å². The number of nitrogens with two attached hydrogens (primary N) is 1. The number of hydrogen-bond acceptors (Lipinski definition) is 4. The first-order valence-corrected chi connectivity index (χ1v) is 3.52. The van der Waals surface area contributed by atoms with Gasteiger partial charge < -0.3 is 11.1 Å². The molecule has 1 unspecified atom stereocenters. The number of primary amides is 1. The molecule has 0 bridgehead atoms. The number of carbonyl (C=O) groups is 1. The summed E-state index contributed by atoms with van der Waals surface area (Å²) in [4.78, 5) is 18.4. The number of amides is 1. The molecule has 0 aliphatic rings. The molecule has 0 saturated heterocycles. The third-order valence-corrected chi connectivity index (χ3v) is 1.35. The van der Waals surface area contributed by atoms with Crippen molar-refractivity contribution in [2.45, 2.75) is 13.0 Å². The van der Waals surface area contributed by atoms with Crippen LogP contribution in [0.1, 0.15) is 6.92 Å². The summed E-state index contributed by atoms with van der Waals surface area (Å²) in [5.41, 5.74) is 5.03. The fraction of sp³-hybridized carbons (Fsp3) is 0.286. The Morgan fingerprint density at radius 1 is 1.62 bits per heavy atom. The number of rotatable bonds is 3. The molecule has 13 heavy (non-hydrogen) atoms. The highest BCUT2D eigenvalue weighted by molar-refractivity contribution is 5.85. The maximum Gasteiger partial charge on any atom is 0.239 e. The van der Waals surface area contributed by atoms with E-state index >= 15 is 0 Å². The van der Waals surface area contributed by atoms with Crippen molar-refractivity contribution >= 4 is 24.1 Å². The zero-order chi connectivity index (χ0) is 8.97. The molecule has 1 atom stereocenters. The molecular formula is C7H11ClN4O. The molecule has 0 aliphatic heterocycles. The number of nitrogens with one attached hydrogen (secondary N) is 1. The smallest absolute Gasteiger partial charge is 0.239 e. The van der Waals surface area contributed by atoms with Gasteiger partial charge in [-0.2, -0.15) is 0 Å². The Morgan fingerprint density at radius 2 is 2.31 bits per heavy atom. The number of hydrogen-bond donors (Lipinski definition) is 2. The highest BCUT2D eigenvalue weighted by Gasteiger charge is 2.07. The van der Waals surface area contributed by atoms with E-state index in [1.807, 2.05) is 0 Å². The van der Waals surface area contributed by atoms with Crippen molar-refractivity contribution in [2.24, 2.45) is 5.73 Å². The Balaban J connectivity index is 0.00000144. The van der Waals surface area contributed by atoms with Gasteiger partial charge in [0.2, 0.25) is 5.91 Å². The van der Waals surface area contributed by atoms with Gasteiger partial charge in [0.25, 0.3) is 0 Å². The third-order valence-electron chi connectivity index (χ3n) is 1.35. The summed E-state index contributed by atoms with van der Waals surface area (Å²) in [6, 6.07) is -0.429. The summed E-state index contributed by atoms with van der Waals surface area (Å²) in [7, 11) is 0. The van der Waals surface area contributed by atoms with E-state index < -0.39 is 11.9 Å². The molecule has 1 rings (SSSR count). The lowest BCUT2D eigenvalue weighted by Crippen LogP contribution is -2.32. The summed E-state index contributed by atoms with van der Waals surface area (Å²) >= 11 is 0. The van der Waals surface area contributed by atoms with Crippen LogP contribution in [0.15, 0.2) is 18.6 Å². The van der Waals surface area contributed by atoms with Crippen molar-refractivity contribution in [2.75, 3.05) is 5.32 Å². The van der Waals surface area contributed by atoms with E-state index in [0.717, 1.165) is 0 Å². The minimum absolute atomic E-state index is 0. The van der Waals surface area contributed by atoms with Gasteiger partial charge in [-0.25, -0.2) is 4.98 Å². The van der Waals surface area contributed by atoms with E-state index in [0.29, 0.717) is 5.82 Å². The lowest BCUT2D eigenvalue weighted by molar-refractivity contribution is -0.118. The van der Waals surface area contributed by atoms with E-state index in [1.54, 1.807) is 13.1 Å². The van der Waals surface area contributed by atoms with E-state index in [4.69, 9.17) is 5.73 Å². The molecule has 0 aromatic carbocycles. The van der Waals surface area contributed by atoms with Gasteiger partial charge in [0.15, 0.2) is 0 Å². The summed E-state index contributed by atoms with van der Waals surface area (Å²) < 4.78 is 0. The largest absolute Gasteiger partial charge is 0.368 e. The van der Waals surface area contributed by atoms with Gasteiger partial charge >= 0.3 is 0 Å². The molecular weight excluding hydrogens is 192 g/mol. The number of nitrogens with zero attached hydrogens (tertiary/aromatic N) is 2. The first-order chi connectivity index (χ1) is 5.70. The first-order valence-electron chi connectivity index (χ1n) is 3.52. The number of halogens is 1. The quantitative estimate of drug-likeness (QED) is 0.733. The zero-order valence-corrected chi connectivity index (χ0v) is 7.91. The van der Waals surface area contributed by atoms with Crippen LogP contribution in [0.2, 0.25) is 0 Å². The highest BCUT2D eigenvalue weighted by Crippen LogP contribution is 1.99. The molecule has 0 radical (unpaired) electrons. The van der Waals surface area contributed by atoms with Gasteiger partial charge in [-0.05, 0) is 6.92 Å². The molecule has 6 heteroatoms. The van der Waals surface area contributed by atoms with E-state index in [2.05, 4.69) is 15.3 Å². The van der Waals surface area contributed by atoms with Crippen molar-refractivity contribution in [3.8, 4) is 0 Å². The second-order valence-corrected chi connectivity index (χ2v) is 2.36. The fourth-order valence-electron chi connectivity index (χ4n) is 0.667. The minimum atomic E-state index is -0.429. The Labute approximate surface area is 82.2 Å². The maximum atomic E-state index is 10.6. The van der Waals surface area contributed by atoms with Crippen LogP contribution >= 0.6 is 12.4 Å².